The summed E-state index contributed by atoms with van der Waals surface area (Å²) < 4.78 is 0. The van der Waals surface area contributed by atoms with E-state index in [1.54, 1.807) is 0 Å². The third-order valence-electron chi connectivity index (χ3n) is 3.48. The molecule has 2 aromatic carbocycles. The maximum absolute atomic E-state index is 12.4. The zero-order chi connectivity index (χ0) is 19.8. The number of hydrogen-bond donors (Lipinski definition) is 7. The van der Waals surface area contributed by atoms with Gasteiger partial charge >= 0.3 is 5.97 Å². The Bertz CT molecular complexity index is 815. The third-order valence-corrected chi connectivity index (χ3v) is 3.48. The molecule has 10 nitrogen and oxygen atoms in total. The highest BCUT2D eigenvalue weighted by Crippen LogP contribution is 2.38. The first kappa shape index (κ1) is 18.4. The van der Waals surface area contributed by atoms with Gasteiger partial charge in [-0.05, 0) is 24.3 Å². The van der Waals surface area contributed by atoms with Gasteiger partial charge in [0.05, 0.1) is 0 Å². The van der Waals surface area contributed by atoms with E-state index in [1.807, 2.05) is 0 Å². The number of ketones is 2. The van der Waals surface area contributed by atoms with E-state index in [-0.39, 0.29) is 0 Å². The first-order chi connectivity index (χ1) is 12.0. The zero-order valence-corrected chi connectivity index (χ0v) is 12.7. The molecule has 0 spiro atoms. The smallest absolute Gasteiger partial charge is 0.322 e. The van der Waals surface area contributed by atoms with Gasteiger partial charge in [0.1, 0.15) is 0 Å². The largest absolute Gasteiger partial charge is 0.504 e. The summed E-state index contributed by atoms with van der Waals surface area (Å²) in [6.45, 7) is 0. The van der Waals surface area contributed by atoms with Crippen LogP contribution in [0.5, 0.6) is 34.5 Å². The number of carbonyl (C=O) groups excluding carboxylic acids is 2. The molecule has 0 unspecified atom stereocenters. The maximum Gasteiger partial charge on any atom is 0.322 e. The molecule has 0 fully saturated rings. The molecular weight excluding hydrogens is 352 g/mol. The number of Topliss-reactive ketones (excluding diaryl/α,β-unsaturated/α-hetero) is 2. The number of hydrogen-bond acceptors (Lipinski definition) is 9. The van der Waals surface area contributed by atoms with Crippen LogP contribution in [0.3, 0.4) is 0 Å². The van der Waals surface area contributed by atoms with E-state index in [0.717, 1.165) is 0 Å². The summed E-state index contributed by atoms with van der Waals surface area (Å²) in [4.78, 5) is 36.2. The Morgan fingerprint density at radius 1 is 0.615 bits per heavy atom. The van der Waals surface area contributed by atoms with Gasteiger partial charge in [0.25, 0.3) is 0 Å². The Morgan fingerprint density at radius 3 is 1.12 bits per heavy atom. The lowest BCUT2D eigenvalue weighted by molar-refractivity contribution is -0.138. The van der Waals surface area contributed by atoms with Gasteiger partial charge < -0.3 is 35.7 Å². The summed E-state index contributed by atoms with van der Waals surface area (Å²) in [5.74, 6) is -12.4. The lowest BCUT2D eigenvalue weighted by atomic mass is 9.89. The van der Waals surface area contributed by atoms with Crippen molar-refractivity contribution in [1.29, 1.82) is 0 Å². The molecule has 136 valence electrons. The van der Waals surface area contributed by atoms with E-state index in [9.17, 15) is 50.1 Å². The van der Waals surface area contributed by atoms with Crippen molar-refractivity contribution in [3.05, 3.63) is 35.4 Å². The Kier molecular flexibility index (Phi) is 4.61. The Labute approximate surface area is 144 Å². The topological polar surface area (TPSA) is 193 Å². The number of carboxylic acid groups (broad SMARTS) is 1. The van der Waals surface area contributed by atoms with Crippen molar-refractivity contribution in [2.45, 2.75) is 0 Å². The van der Waals surface area contributed by atoms with Crippen LogP contribution in [0.4, 0.5) is 0 Å². The molecule has 0 aromatic heterocycles. The lowest BCUT2D eigenvalue weighted by Gasteiger charge is -2.13. The van der Waals surface area contributed by atoms with Crippen LogP contribution in [0.2, 0.25) is 0 Å². The van der Waals surface area contributed by atoms with Gasteiger partial charge in [-0.15, -0.1) is 0 Å². The van der Waals surface area contributed by atoms with Crippen LogP contribution in [0.15, 0.2) is 24.3 Å². The number of benzene rings is 2. The van der Waals surface area contributed by atoms with Gasteiger partial charge in [-0.2, -0.15) is 0 Å². The highest BCUT2D eigenvalue weighted by atomic mass is 16.4. The molecule has 0 amide bonds. The predicted octanol–water partition coefficient (Wildman–Crippen LogP) is 0.687. The summed E-state index contributed by atoms with van der Waals surface area (Å²) >= 11 is 0. The first-order valence-electron chi connectivity index (χ1n) is 6.85. The van der Waals surface area contributed by atoms with E-state index >= 15 is 0 Å². The van der Waals surface area contributed by atoms with E-state index in [2.05, 4.69) is 0 Å². The fourth-order valence-electron chi connectivity index (χ4n) is 2.17. The van der Waals surface area contributed by atoms with Gasteiger partial charge in [0.2, 0.25) is 0 Å². The van der Waals surface area contributed by atoms with Gasteiger partial charge in [-0.1, -0.05) is 0 Å². The SMILES string of the molecule is O=C(O)C(C(=O)c1cc(O)c(O)c(O)c1)C(=O)c1cc(O)c(O)c(O)c1. The number of rotatable bonds is 5. The van der Waals surface area contributed by atoms with Crippen molar-refractivity contribution >= 4 is 17.5 Å². The Hall–Kier alpha value is -3.95. The molecule has 7 N–H and O–H groups in total. The van der Waals surface area contributed by atoms with Crippen LogP contribution in [0.1, 0.15) is 20.7 Å². The van der Waals surface area contributed by atoms with Crippen LogP contribution < -0.4 is 0 Å². The quantitative estimate of drug-likeness (QED) is 0.225. The van der Waals surface area contributed by atoms with Crippen LogP contribution in [0.25, 0.3) is 0 Å². The normalized spacial score (nSPS) is 10.7. The van der Waals surface area contributed by atoms with Crippen LogP contribution in [-0.2, 0) is 4.79 Å². The van der Waals surface area contributed by atoms with Gasteiger partial charge in [-0.3, -0.25) is 14.4 Å². The van der Waals surface area contributed by atoms with E-state index in [1.165, 1.54) is 0 Å². The molecule has 0 aliphatic heterocycles. The maximum atomic E-state index is 12.4. The monoisotopic (exact) mass is 364 g/mol. The molecule has 0 heterocycles. The minimum atomic E-state index is -2.35. The molecule has 0 bridgehead atoms. The van der Waals surface area contributed by atoms with Gasteiger partial charge in [0, 0.05) is 11.1 Å². The van der Waals surface area contributed by atoms with E-state index in [4.69, 9.17) is 0 Å². The van der Waals surface area contributed by atoms with Gasteiger partial charge in [0.15, 0.2) is 52.0 Å². The fourth-order valence-corrected chi connectivity index (χ4v) is 2.17. The zero-order valence-electron chi connectivity index (χ0n) is 12.7. The van der Waals surface area contributed by atoms with Crippen LogP contribution in [-0.4, -0.2) is 53.3 Å². The average Bonchev–Trinajstić information content (AvgIpc) is 2.56. The molecule has 0 aliphatic carbocycles. The second-order valence-electron chi connectivity index (χ2n) is 5.23. The van der Waals surface area contributed by atoms with Crippen LogP contribution >= 0.6 is 0 Å². The van der Waals surface area contributed by atoms with Crippen molar-refractivity contribution < 1.29 is 50.1 Å². The molecule has 0 saturated carbocycles. The Balaban J connectivity index is 2.51. The molecule has 2 aromatic rings. The summed E-state index contributed by atoms with van der Waals surface area (Å²) in [7, 11) is 0. The van der Waals surface area contributed by atoms with Gasteiger partial charge in [-0.25, -0.2) is 0 Å². The fraction of sp³-hybridized carbons (Fsp3) is 0.0625. The molecule has 26 heavy (non-hydrogen) atoms. The molecule has 0 saturated heterocycles. The molecular formula is C16H12O10. The minimum Gasteiger partial charge on any atom is -0.504 e. The summed E-state index contributed by atoms with van der Waals surface area (Å²) in [6.07, 6.45) is 0. The molecule has 0 aliphatic rings. The number of phenolic OH excluding ortho intramolecular Hbond substituents is 6. The highest BCUT2D eigenvalue weighted by molar-refractivity contribution is 6.26. The van der Waals surface area contributed by atoms with Crippen LogP contribution in [0, 0.1) is 5.92 Å². The average molecular weight is 364 g/mol. The number of phenols is 6. The molecule has 0 atom stereocenters. The van der Waals surface area contributed by atoms with Crippen molar-refractivity contribution in [3.63, 3.8) is 0 Å². The number of aliphatic carboxylic acids is 1. The number of carboxylic acids is 1. The lowest BCUT2D eigenvalue weighted by Crippen LogP contribution is -2.32. The van der Waals surface area contributed by atoms with Crippen molar-refractivity contribution in [2.24, 2.45) is 5.92 Å². The second-order valence-corrected chi connectivity index (χ2v) is 5.23. The van der Waals surface area contributed by atoms with E-state index in [0.29, 0.717) is 24.3 Å². The first-order valence-corrected chi connectivity index (χ1v) is 6.85. The highest BCUT2D eigenvalue weighted by Gasteiger charge is 2.36. The number of aromatic hydroxyl groups is 6. The second kappa shape index (κ2) is 6.51. The Morgan fingerprint density at radius 2 is 0.885 bits per heavy atom. The molecule has 2 rings (SSSR count). The minimum absolute atomic E-state index is 0.578. The summed E-state index contributed by atoms with van der Waals surface area (Å²) in [6, 6.07) is 2.64. The predicted molar refractivity (Wildman–Crippen MR) is 82.7 cm³/mol. The summed E-state index contributed by atoms with van der Waals surface area (Å²) in [5, 5.41) is 65.4. The molecule has 0 radical (unpaired) electrons. The van der Waals surface area contributed by atoms with E-state index < -0.39 is 69.1 Å². The summed E-state index contributed by atoms with van der Waals surface area (Å²) in [5.41, 5.74) is -1.16. The van der Waals surface area contributed by atoms with Crippen molar-refractivity contribution in [2.75, 3.05) is 0 Å². The third kappa shape index (κ3) is 3.15. The number of carbonyl (C=O) groups is 3. The van der Waals surface area contributed by atoms with Crippen molar-refractivity contribution in [1.82, 2.24) is 0 Å². The van der Waals surface area contributed by atoms with Crippen molar-refractivity contribution in [3.8, 4) is 34.5 Å². The molecule has 10 heteroatoms. The standard InChI is InChI=1S/C16H12O10/c17-7-1-5(2-8(18)14(7)23)12(21)11(16(25)26)13(22)6-3-9(19)15(24)10(20)4-6/h1-4,11,17-20,23-24H,(H,25,26).